The van der Waals surface area contributed by atoms with Crippen molar-refractivity contribution in [2.45, 2.75) is 19.6 Å². The second kappa shape index (κ2) is 4.07. The lowest BCUT2D eigenvalue weighted by Crippen LogP contribution is -2.17. The molecule has 1 aliphatic rings. The molecule has 0 atom stereocenters. The lowest BCUT2D eigenvalue weighted by molar-refractivity contribution is -0.183. The van der Waals surface area contributed by atoms with Crippen molar-refractivity contribution in [1.29, 1.82) is 0 Å². The highest BCUT2D eigenvalue weighted by Gasteiger charge is 2.17. The number of ether oxygens (including phenoxy) is 2. The van der Waals surface area contributed by atoms with Crippen LogP contribution in [0.25, 0.3) is 0 Å². The number of halogens is 1. The number of hydrogen-bond acceptors (Lipinski definition) is 2. The van der Waals surface area contributed by atoms with E-state index >= 15 is 0 Å². The van der Waals surface area contributed by atoms with Crippen LogP contribution in [-0.2, 0) is 9.47 Å². The van der Waals surface area contributed by atoms with Gasteiger partial charge in [0.2, 0.25) is 0 Å². The molecule has 1 aromatic rings. The van der Waals surface area contributed by atoms with E-state index in [2.05, 4.69) is 0 Å². The third kappa shape index (κ3) is 1.94. The number of benzene rings is 1. The summed E-state index contributed by atoms with van der Waals surface area (Å²) in [5.74, 6) is -0.208. The molecule has 76 valence electrons. The van der Waals surface area contributed by atoms with Gasteiger partial charge < -0.3 is 9.47 Å². The maximum Gasteiger partial charge on any atom is 0.183 e. The van der Waals surface area contributed by atoms with E-state index in [1.54, 1.807) is 13.0 Å². The zero-order valence-corrected chi connectivity index (χ0v) is 8.13. The minimum absolute atomic E-state index is 0.208. The van der Waals surface area contributed by atoms with Crippen molar-refractivity contribution >= 4 is 0 Å². The molecule has 2 nitrogen and oxygen atoms in total. The van der Waals surface area contributed by atoms with E-state index < -0.39 is 0 Å². The van der Waals surface area contributed by atoms with Crippen molar-refractivity contribution in [2.75, 3.05) is 13.2 Å². The molecule has 0 aromatic heterocycles. The van der Waals surface area contributed by atoms with Crippen LogP contribution in [0.4, 0.5) is 4.39 Å². The average molecular weight is 196 g/mol. The largest absolute Gasteiger partial charge is 0.348 e. The third-order valence-electron chi connectivity index (χ3n) is 2.30. The lowest BCUT2D eigenvalue weighted by Gasteiger charge is -2.23. The van der Waals surface area contributed by atoms with Crippen LogP contribution in [0.15, 0.2) is 18.2 Å². The fraction of sp³-hybridized carbons (Fsp3) is 0.455. The summed E-state index contributed by atoms with van der Waals surface area (Å²) in [5, 5.41) is 0. The van der Waals surface area contributed by atoms with Gasteiger partial charge in [-0.3, -0.25) is 0 Å². The van der Waals surface area contributed by atoms with E-state index in [1.165, 1.54) is 6.07 Å². The van der Waals surface area contributed by atoms with Gasteiger partial charge in [-0.2, -0.15) is 0 Å². The Morgan fingerprint density at radius 3 is 2.64 bits per heavy atom. The molecule has 0 aliphatic carbocycles. The number of aryl methyl sites for hydroxylation is 1. The molecule has 0 radical (unpaired) electrons. The molecule has 0 saturated carbocycles. The SMILES string of the molecule is Cc1ccc(C2OCCCO2)cc1F. The Kier molecular flexibility index (Phi) is 2.79. The van der Waals surface area contributed by atoms with Crippen LogP contribution in [0.1, 0.15) is 23.8 Å². The first-order valence-electron chi connectivity index (χ1n) is 4.76. The first-order chi connectivity index (χ1) is 6.77. The minimum Gasteiger partial charge on any atom is -0.348 e. The van der Waals surface area contributed by atoms with Crippen molar-refractivity contribution in [3.05, 3.63) is 35.1 Å². The highest BCUT2D eigenvalue weighted by Crippen LogP contribution is 2.24. The Morgan fingerprint density at radius 2 is 2.00 bits per heavy atom. The second-order valence-corrected chi connectivity index (χ2v) is 3.44. The summed E-state index contributed by atoms with van der Waals surface area (Å²) in [6.45, 7) is 3.10. The van der Waals surface area contributed by atoms with Crippen LogP contribution in [-0.4, -0.2) is 13.2 Å². The van der Waals surface area contributed by atoms with Crippen LogP contribution < -0.4 is 0 Å². The summed E-state index contributed by atoms with van der Waals surface area (Å²) in [6.07, 6.45) is 0.518. The van der Waals surface area contributed by atoms with Crippen molar-refractivity contribution < 1.29 is 13.9 Å². The summed E-state index contributed by atoms with van der Waals surface area (Å²) in [7, 11) is 0. The summed E-state index contributed by atoms with van der Waals surface area (Å²) in [5.41, 5.74) is 1.40. The van der Waals surface area contributed by atoms with Gasteiger partial charge in [0.1, 0.15) is 5.82 Å². The molecule has 0 unspecified atom stereocenters. The molecular weight excluding hydrogens is 183 g/mol. The average Bonchev–Trinajstić information content (AvgIpc) is 2.23. The van der Waals surface area contributed by atoms with Crippen molar-refractivity contribution in [3.8, 4) is 0 Å². The quantitative estimate of drug-likeness (QED) is 0.687. The molecule has 2 rings (SSSR count). The Morgan fingerprint density at radius 1 is 1.29 bits per heavy atom. The minimum atomic E-state index is -0.390. The Hall–Kier alpha value is -0.930. The second-order valence-electron chi connectivity index (χ2n) is 3.44. The molecule has 0 spiro atoms. The Labute approximate surface area is 82.6 Å². The number of hydrogen-bond donors (Lipinski definition) is 0. The van der Waals surface area contributed by atoms with E-state index in [1.807, 2.05) is 6.07 Å². The van der Waals surface area contributed by atoms with Gasteiger partial charge in [-0.15, -0.1) is 0 Å². The van der Waals surface area contributed by atoms with Gasteiger partial charge in [0.15, 0.2) is 6.29 Å². The van der Waals surface area contributed by atoms with E-state index in [9.17, 15) is 4.39 Å². The van der Waals surface area contributed by atoms with Crippen molar-refractivity contribution in [2.24, 2.45) is 0 Å². The molecule has 1 saturated heterocycles. The van der Waals surface area contributed by atoms with Gasteiger partial charge in [0.05, 0.1) is 13.2 Å². The van der Waals surface area contributed by atoms with Crippen LogP contribution in [0.2, 0.25) is 0 Å². The van der Waals surface area contributed by atoms with Gasteiger partial charge >= 0.3 is 0 Å². The molecule has 0 bridgehead atoms. The number of rotatable bonds is 1. The van der Waals surface area contributed by atoms with Gasteiger partial charge in [0.25, 0.3) is 0 Å². The molecule has 1 aromatic carbocycles. The standard InChI is InChI=1S/C11H13FO2/c1-8-3-4-9(7-10(8)12)11-13-5-2-6-14-11/h3-4,7,11H,2,5-6H2,1H3. The third-order valence-corrected chi connectivity index (χ3v) is 2.30. The molecule has 14 heavy (non-hydrogen) atoms. The van der Waals surface area contributed by atoms with E-state index in [4.69, 9.17) is 9.47 Å². The summed E-state index contributed by atoms with van der Waals surface area (Å²) < 4.78 is 24.0. The van der Waals surface area contributed by atoms with E-state index in [0.29, 0.717) is 18.8 Å². The summed E-state index contributed by atoms with van der Waals surface area (Å²) >= 11 is 0. The maximum atomic E-state index is 13.2. The van der Waals surface area contributed by atoms with Gasteiger partial charge in [-0.25, -0.2) is 4.39 Å². The molecule has 1 aliphatic heterocycles. The topological polar surface area (TPSA) is 18.5 Å². The van der Waals surface area contributed by atoms with Gasteiger partial charge in [-0.05, 0) is 25.0 Å². The zero-order chi connectivity index (χ0) is 9.97. The highest BCUT2D eigenvalue weighted by atomic mass is 19.1. The molecule has 0 N–H and O–H groups in total. The van der Waals surface area contributed by atoms with Gasteiger partial charge in [-0.1, -0.05) is 12.1 Å². The molecular formula is C11H13FO2. The van der Waals surface area contributed by atoms with Crippen LogP contribution >= 0.6 is 0 Å². The highest BCUT2D eigenvalue weighted by molar-refractivity contribution is 5.24. The van der Waals surface area contributed by atoms with E-state index in [-0.39, 0.29) is 12.1 Å². The Bertz CT molecular complexity index is 319. The van der Waals surface area contributed by atoms with Crippen LogP contribution in [0.3, 0.4) is 0 Å². The maximum absolute atomic E-state index is 13.2. The monoisotopic (exact) mass is 196 g/mol. The first kappa shape index (κ1) is 9.62. The van der Waals surface area contributed by atoms with Crippen molar-refractivity contribution in [3.63, 3.8) is 0 Å². The molecule has 1 fully saturated rings. The zero-order valence-electron chi connectivity index (χ0n) is 8.13. The van der Waals surface area contributed by atoms with Crippen LogP contribution in [0, 0.1) is 12.7 Å². The summed E-state index contributed by atoms with van der Waals surface area (Å²) in [4.78, 5) is 0. The fourth-order valence-corrected chi connectivity index (χ4v) is 1.44. The van der Waals surface area contributed by atoms with Crippen LogP contribution in [0.5, 0.6) is 0 Å². The van der Waals surface area contributed by atoms with Gasteiger partial charge in [0, 0.05) is 5.56 Å². The predicted octanol–water partition coefficient (Wildman–Crippen LogP) is 2.57. The van der Waals surface area contributed by atoms with Crippen molar-refractivity contribution in [1.82, 2.24) is 0 Å². The first-order valence-corrected chi connectivity index (χ1v) is 4.76. The normalized spacial score (nSPS) is 18.4. The molecule has 0 amide bonds. The van der Waals surface area contributed by atoms with E-state index in [0.717, 1.165) is 12.0 Å². The molecule has 1 heterocycles. The molecule has 3 heteroatoms. The smallest absolute Gasteiger partial charge is 0.183 e. The lowest BCUT2D eigenvalue weighted by atomic mass is 10.1. The predicted molar refractivity (Wildman–Crippen MR) is 50.4 cm³/mol. The summed E-state index contributed by atoms with van der Waals surface area (Å²) in [6, 6.07) is 5.06. The Balaban J connectivity index is 2.18. The fourth-order valence-electron chi connectivity index (χ4n) is 1.44.